The maximum atomic E-state index is 15.1. The van der Waals surface area contributed by atoms with Crippen LogP contribution in [-0.4, -0.2) is 15.7 Å². The van der Waals surface area contributed by atoms with Crippen LogP contribution in [0.25, 0.3) is 23.0 Å². The topological polar surface area (TPSA) is 46.9 Å². The number of alkyl halides is 2. The molecular weight excluding hydrogens is 427 g/mol. The molecule has 0 spiro atoms. The molecule has 0 fully saturated rings. The van der Waals surface area contributed by atoms with E-state index in [2.05, 4.69) is 10.4 Å². The van der Waals surface area contributed by atoms with Crippen molar-refractivity contribution in [1.82, 2.24) is 9.78 Å². The number of hydrogen-bond acceptors (Lipinski definition) is 2. The van der Waals surface area contributed by atoms with Crippen LogP contribution in [0, 0.1) is 0 Å². The minimum Gasteiger partial charge on any atom is -0.321 e. The number of aromatic nitrogens is 2. The normalized spacial score (nSPS) is 11.6. The first-order valence-corrected chi connectivity index (χ1v) is 10.2. The summed E-state index contributed by atoms with van der Waals surface area (Å²) in [5.41, 5.74) is 2.12. The minimum absolute atomic E-state index is 0.139. The second-order valence-corrected chi connectivity index (χ2v) is 7.38. The van der Waals surface area contributed by atoms with Crippen LogP contribution in [-0.2, 0) is 7.05 Å². The Bertz CT molecular complexity index is 1300. The Morgan fingerprint density at radius 3 is 2.24 bits per heavy atom. The number of para-hydroxylation sites is 1. The molecule has 1 aromatic heterocycles. The summed E-state index contributed by atoms with van der Waals surface area (Å²) in [5, 5.41) is 6.16. The lowest BCUT2D eigenvalue weighted by atomic mass is 10.0. The summed E-state index contributed by atoms with van der Waals surface area (Å²) in [6.07, 6.45) is -0.341. The number of amides is 1. The van der Waals surface area contributed by atoms with Gasteiger partial charge in [0, 0.05) is 18.8 Å². The lowest BCUT2D eigenvalue weighted by molar-refractivity contribution is 0.101. The summed E-state index contributed by atoms with van der Waals surface area (Å²) in [6.45, 7) is 0. The number of benzene rings is 3. The SMILES string of the molecule is Cn1cc(C(=O)Nc2ccccc2/C(F)=C/c2ccc(-c3ccccc3)cc2)c(C(F)F)n1. The Morgan fingerprint density at radius 1 is 0.909 bits per heavy atom. The molecule has 166 valence electrons. The van der Waals surface area contributed by atoms with Gasteiger partial charge in [-0.3, -0.25) is 9.48 Å². The van der Waals surface area contributed by atoms with Crippen LogP contribution in [0.5, 0.6) is 0 Å². The number of aryl methyl sites for hydroxylation is 1. The lowest BCUT2D eigenvalue weighted by Crippen LogP contribution is -2.14. The van der Waals surface area contributed by atoms with Crippen LogP contribution in [0.1, 0.15) is 33.6 Å². The lowest BCUT2D eigenvalue weighted by Gasteiger charge is -2.10. The molecule has 0 saturated carbocycles. The van der Waals surface area contributed by atoms with Gasteiger partial charge in [-0.1, -0.05) is 66.7 Å². The second kappa shape index (κ2) is 9.56. The molecule has 0 aliphatic rings. The van der Waals surface area contributed by atoms with Gasteiger partial charge in [0.25, 0.3) is 12.3 Å². The Labute approximate surface area is 189 Å². The summed E-state index contributed by atoms with van der Waals surface area (Å²) in [7, 11) is 1.45. The molecule has 4 aromatic rings. The average molecular weight is 447 g/mol. The highest BCUT2D eigenvalue weighted by Gasteiger charge is 2.23. The number of halogens is 3. The molecule has 1 N–H and O–H groups in total. The van der Waals surface area contributed by atoms with E-state index in [1.54, 1.807) is 24.3 Å². The number of anilines is 1. The highest BCUT2D eigenvalue weighted by molar-refractivity contribution is 6.06. The average Bonchev–Trinajstić information content (AvgIpc) is 3.23. The predicted molar refractivity (Wildman–Crippen MR) is 123 cm³/mol. The highest BCUT2D eigenvalue weighted by Crippen LogP contribution is 2.29. The van der Waals surface area contributed by atoms with Gasteiger partial charge in [-0.05, 0) is 34.9 Å². The monoisotopic (exact) mass is 447 g/mol. The first-order chi connectivity index (χ1) is 15.9. The fraction of sp³-hybridized carbons (Fsp3) is 0.0769. The molecular formula is C26H20F3N3O. The molecule has 0 bridgehead atoms. The molecule has 0 saturated heterocycles. The molecule has 1 heterocycles. The molecule has 3 aromatic carbocycles. The maximum Gasteiger partial charge on any atom is 0.282 e. The van der Waals surface area contributed by atoms with Gasteiger partial charge in [-0.2, -0.15) is 5.10 Å². The first kappa shape index (κ1) is 22.1. The van der Waals surface area contributed by atoms with E-state index in [0.717, 1.165) is 15.8 Å². The van der Waals surface area contributed by atoms with E-state index in [9.17, 15) is 13.6 Å². The molecule has 0 aliphatic heterocycles. The summed E-state index contributed by atoms with van der Waals surface area (Å²) >= 11 is 0. The molecule has 0 radical (unpaired) electrons. The number of hydrogen-bond donors (Lipinski definition) is 1. The van der Waals surface area contributed by atoms with E-state index < -0.39 is 23.9 Å². The number of nitrogens with zero attached hydrogens (tertiary/aromatic N) is 2. The second-order valence-electron chi connectivity index (χ2n) is 7.38. The summed E-state index contributed by atoms with van der Waals surface area (Å²) in [6, 6.07) is 23.5. The summed E-state index contributed by atoms with van der Waals surface area (Å²) in [4.78, 5) is 12.6. The van der Waals surface area contributed by atoms with Crippen LogP contribution in [0.3, 0.4) is 0 Å². The number of rotatable bonds is 6. The molecule has 0 unspecified atom stereocenters. The van der Waals surface area contributed by atoms with Crippen molar-refractivity contribution in [2.24, 2.45) is 7.05 Å². The quantitative estimate of drug-likeness (QED) is 0.333. The third-order valence-electron chi connectivity index (χ3n) is 5.05. The van der Waals surface area contributed by atoms with Crippen molar-refractivity contribution in [3.63, 3.8) is 0 Å². The number of carbonyl (C=O) groups excluding carboxylic acids is 1. The third kappa shape index (κ3) is 5.03. The Hall–Kier alpha value is -4.13. The van der Waals surface area contributed by atoms with Gasteiger partial charge in [0.1, 0.15) is 11.5 Å². The van der Waals surface area contributed by atoms with Crippen molar-refractivity contribution in [1.29, 1.82) is 0 Å². The summed E-state index contributed by atoms with van der Waals surface area (Å²) in [5.74, 6) is -1.36. The molecule has 7 heteroatoms. The van der Waals surface area contributed by atoms with E-state index >= 15 is 4.39 Å². The van der Waals surface area contributed by atoms with E-state index in [1.165, 1.54) is 31.5 Å². The highest BCUT2D eigenvalue weighted by atomic mass is 19.3. The molecule has 4 rings (SSSR count). The smallest absolute Gasteiger partial charge is 0.282 e. The maximum absolute atomic E-state index is 15.1. The standard InChI is InChI=1S/C26H20F3N3O/c1-32-16-21(24(31-32)25(28)29)26(33)30-23-10-6-5-9-20(23)22(27)15-17-11-13-19(14-12-17)18-7-3-2-4-8-18/h2-16,25H,1H3,(H,30,33)/b22-15-. The van der Waals surface area contributed by atoms with E-state index in [-0.39, 0.29) is 16.8 Å². The van der Waals surface area contributed by atoms with Crippen molar-refractivity contribution < 1.29 is 18.0 Å². The summed E-state index contributed by atoms with van der Waals surface area (Å²) < 4.78 is 42.7. The van der Waals surface area contributed by atoms with Gasteiger partial charge in [0.15, 0.2) is 0 Å². The van der Waals surface area contributed by atoms with Crippen LogP contribution in [0.15, 0.2) is 85.1 Å². The molecule has 4 nitrogen and oxygen atoms in total. The number of carbonyl (C=O) groups is 1. The van der Waals surface area contributed by atoms with Gasteiger partial charge >= 0.3 is 0 Å². The zero-order valence-electron chi connectivity index (χ0n) is 17.7. The fourth-order valence-electron chi connectivity index (χ4n) is 3.46. The third-order valence-corrected chi connectivity index (χ3v) is 5.05. The zero-order valence-corrected chi connectivity index (χ0v) is 17.7. The van der Waals surface area contributed by atoms with Crippen LogP contribution >= 0.6 is 0 Å². The fourth-order valence-corrected chi connectivity index (χ4v) is 3.46. The Morgan fingerprint density at radius 2 is 1.55 bits per heavy atom. The minimum atomic E-state index is -2.90. The van der Waals surface area contributed by atoms with E-state index in [4.69, 9.17) is 0 Å². The van der Waals surface area contributed by atoms with Crippen LogP contribution < -0.4 is 5.32 Å². The van der Waals surface area contributed by atoms with Crippen molar-refractivity contribution in [2.45, 2.75) is 6.43 Å². The van der Waals surface area contributed by atoms with Gasteiger partial charge < -0.3 is 5.32 Å². The Balaban J connectivity index is 1.58. The van der Waals surface area contributed by atoms with Crippen molar-refractivity contribution >= 4 is 23.5 Å². The zero-order chi connectivity index (χ0) is 23.4. The number of nitrogens with one attached hydrogen (secondary N) is 1. The Kier molecular flexibility index (Phi) is 6.40. The predicted octanol–water partition coefficient (Wildman–Crippen LogP) is 6.74. The van der Waals surface area contributed by atoms with E-state index in [0.29, 0.717) is 5.56 Å². The van der Waals surface area contributed by atoms with Crippen molar-refractivity contribution in [2.75, 3.05) is 5.32 Å². The first-order valence-electron chi connectivity index (χ1n) is 10.2. The molecule has 0 aliphatic carbocycles. The molecule has 33 heavy (non-hydrogen) atoms. The van der Waals surface area contributed by atoms with Crippen LogP contribution in [0.2, 0.25) is 0 Å². The van der Waals surface area contributed by atoms with Gasteiger partial charge in [0.2, 0.25) is 0 Å². The van der Waals surface area contributed by atoms with E-state index in [1.807, 2.05) is 42.5 Å². The van der Waals surface area contributed by atoms with Crippen molar-refractivity contribution in [3.8, 4) is 11.1 Å². The van der Waals surface area contributed by atoms with Crippen molar-refractivity contribution in [3.05, 3.63) is 107 Å². The van der Waals surface area contributed by atoms with Gasteiger partial charge in [-0.25, -0.2) is 13.2 Å². The van der Waals surface area contributed by atoms with Crippen LogP contribution in [0.4, 0.5) is 18.9 Å². The van der Waals surface area contributed by atoms with Gasteiger partial charge in [-0.15, -0.1) is 0 Å². The molecule has 1 amide bonds. The largest absolute Gasteiger partial charge is 0.321 e. The molecule has 0 atom stereocenters. The van der Waals surface area contributed by atoms with Gasteiger partial charge in [0.05, 0.1) is 11.3 Å².